The molecule has 0 aliphatic carbocycles. The highest BCUT2D eigenvalue weighted by molar-refractivity contribution is 14.2. The summed E-state index contributed by atoms with van der Waals surface area (Å²) in [6.45, 7) is -0.0797. The van der Waals surface area contributed by atoms with E-state index < -0.39 is 48.5 Å². The van der Waals surface area contributed by atoms with Crippen molar-refractivity contribution < 1.29 is 49.3 Å². The third kappa shape index (κ3) is 10.8. The molecule has 2 aromatic carbocycles. The van der Waals surface area contributed by atoms with Gasteiger partial charge in [0, 0.05) is 22.2 Å². The molecule has 0 fully saturated rings. The highest BCUT2D eigenvalue weighted by atomic mass is 127. The van der Waals surface area contributed by atoms with Gasteiger partial charge in [-0.2, -0.15) is 26.3 Å². The van der Waals surface area contributed by atoms with Crippen molar-refractivity contribution in [1.29, 1.82) is 0 Å². The Morgan fingerprint density at radius 2 is 1.43 bits per heavy atom. The van der Waals surface area contributed by atoms with E-state index in [4.69, 9.17) is 25.2 Å². The summed E-state index contributed by atoms with van der Waals surface area (Å²) in [6.07, 6.45) is -10.2. The molecule has 1 amide bonds. The summed E-state index contributed by atoms with van der Waals surface area (Å²) in [5, 5.41) is 1.97. The van der Waals surface area contributed by atoms with Gasteiger partial charge in [0.1, 0.15) is 5.75 Å². The SMILES string of the molecule is O=C(Nc1cc(C(F)(F)F)cc(C(F)(F)F)c1)c1cc(Cl)ccc1OP(=O)(OCCSI)OCCSI. The van der Waals surface area contributed by atoms with Gasteiger partial charge in [0.25, 0.3) is 5.91 Å². The third-order valence-corrected chi connectivity index (χ3v) is 9.00. The lowest BCUT2D eigenvalue weighted by molar-refractivity contribution is -0.143. The molecule has 0 atom stereocenters. The predicted octanol–water partition coefficient (Wildman–Crippen LogP) is 9.32. The second kappa shape index (κ2) is 14.5. The molecule has 6 nitrogen and oxygen atoms in total. The van der Waals surface area contributed by atoms with Crippen molar-refractivity contribution in [3.05, 3.63) is 58.1 Å². The van der Waals surface area contributed by atoms with Crippen LogP contribution >= 0.6 is 79.7 Å². The Balaban J connectivity index is 2.42. The van der Waals surface area contributed by atoms with Crippen LogP contribution < -0.4 is 9.84 Å². The van der Waals surface area contributed by atoms with E-state index in [0.29, 0.717) is 23.6 Å². The fourth-order valence-corrected chi connectivity index (χ4v) is 5.56. The molecule has 0 aromatic heterocycles. The van der Waals surface area contributed by atoms with Crippen LogP contribution in [0.5, 0.6) is 5.75 Å². The number of phosphoric ester groups is 1. The minimum absolute atomic E-state index is 0.0168. The van der Waals surface area contributed by atoms with E-state index in [1.54, 1.807) is 0 Å². The second-order valence-electron chi connectivity index (χ2n) is 6.72. The number of rotatable bonds is 12. The van der Waals surface area contributed by atoms with Gasteiger partial charge in [-0.25, -0.2) is 4.57 Å². The van der Waals surface area contributed by atoms with Crippen LogP contribution in [-0.2, 0) is 26.0 Å². The quantitative estimate of drug-likeness (QED) is 0.0990. The number of alkyl halides is 6. The molecule has 0 saturated heterocycles. The van der Waals surface area contributed by atoms with Crippen molar-refractivity contribution in [2.24, 2.45) is 0 Å². The lowest BCUT2D eigenvalue weighted by Gasteiger charge is -2.20. The normalized spacial score (nSPS) is 12.5. The van der Waals surface area contributed by atoms with Crippen LogP contribution in [0.2, 0.25) is 5.02 Å². The number of carbonyl (C=O) groups excluding carboxylic acids is 1. The van der Waals surface area contributed by atoms with Gasteiger partial charge in [0.05, 0.1) is 29.9 Å². The van der Waals surface area contributed by atoms with Crippen molar-refractivity contribution in [1.82, 2.24) is 0 Å². The van der Waals surface area contributed by atoms with Gasteiger partial charge in [-0.3, -0.25) is 13.8 Å². The molecule has 1 N–H and O–H groups in total. The van der Waals surface area contributed by atoms with Crippen molar-refractivity contribution in [2.45, 2.75) is 12.4 Å². The summed E-state index contributed by atoms with van der Waals surface area (Å²) in [6, 6.07) is 4.07. The Morgan fingerprint density at radius 3 is 1.89 bits per heavy atom. The second-order valence-corrected chi connectivity index (χ2v) is 13.7. The van der Waals surface area contributed by atoms with Crippen LogP contribution in [0.3, 0.4) is 0 Å². The average Bonchev–Trinajstić information content (AvgIpc) is 2.79. The van der Waals surface area contributed by atoms with E-state index >= 15 is 0 Å². The van der Waals surface area contributed by atoms with Crippen LogP contribution in [-0.4, -0.2) is 30.6 Å². The molecular formula is C19H15ClF6I2NO5PS2. The first-order valence-corrected chi connectivity index (χ1v) is 18.5. The summed E-state index contributed by atoms with van der Waals surface area (Å²) in [5.74, 6) is -0.716. The number of hydrogen-bond donors (Lipinski definition) is 1. The standard InChI is InChI=1S/C19H15ClF6I2NO5PS2/c20-13-1-2-16(34-35(31,32-3-5-36-27)33-4-6-37-28)15(10-13)17(30)29-14-8-11(18(21,22)23)7-12(9-14)19(24,25)26/h1-2,7-10H,3-6H2,(H,29,30). The van der Waals surface area contributed by atoms with Crippen molar-refractivity contribution in [3.8, 4) is 5.75 Å². The molecule has 2 aromatic rings. The number of benzene rings is 2. The average molecular weight is 836 g/mol. The lowest BCUT2D eigenvalue weighted by atomic mass is 10.1. The molecule has 0 radical (unpaired) electrons. The Bertz CT molecular complexity index is 1100. The van der Waals surface area contributed by atoms with Gasteiger partial charge in [-0.1, -0.05) is 29.5 Å². The van der Waals surface area contributed by atoms with Gasteiger partial charge in [0.2, 0.25) is 0 Å². The molecule has 2 rings (SSSR count). The van der Waals surface area contributed by atoms with E-state index in [1.165, 1.54) is 23.9 Å². The number of nitrogens with one attached hydrogen (secondary N) is 1. The first-order valence-electron chi connectivity index (χ1n) is 9.64. The zero-order valence-electron chi connectivity index (χ0n) is 18.0. The maximum atomic E-state index is 13.2. The summed E-state index contributed by atoms with van der Waals surface area (Å²) >= 11 is 9.92. The number of carbonyl (C=O) groups is 1. The molecular weight excluding hydrogens is 821 g/mol. The molecule has 0 spiro atoms. The molecule has 0 aliphatic rings. The number of phosphoric acid groups is 1. The van der Waals surface area contributed by atoms with E-state index in [2.05, 4.69) is 0 Å². The number of hydrogen-bond acceptors (Lipinski definition) is 7. The van der Waals surface area contributed by atoms with Gasteiger partial charge < -0.3 is 9.84 Å². The van der Waals surface area contributed by atoms with E-state index in [-0.39, 0.29) is 30.1 Å². The highest BCUT2D eigenvalue weighted by Gasteiger charge is 2.37. The maximum Gasteiger partial charge on any atom is 0.530 e. The van der Waals surface area contributed by atoms with Crippen LogP contribution in [0.4, 0.5) is 32.0 Å². The molecule has 0 heterocycles. The van der Waals surface area contributed by atoms with Crippen LogP contribution in [0.25, 0.3) is 0 Å². The molecule has 0 saturated carbocycles. The Morgan fingerprint density at radius 1 is 0.919 bits per heavy atom. The van der Waals surface area contributed by atoms with Crippen molar-refractivity contribution >= 4 is 91.3 Å². The zero-order chi connectivity index (χ0) is 27.9. The monoisotopic (exact) mass is 835 g/mol. The smallest absolute Gasteiger partial charge is 0.403 e. The van der Waals surface area contributed by atoms with Gasteiger partial charge in [0.15, 0.2) is 0 Å². The number of anilines is 1. The molecule has 37 heavy (non-hydrogen) atoms. The molecule has 0 unspecified atom stereocenters. The summed E-state index contributed by atoms with van der Waals surface area (Å²) in [5.41, 5.74) is -4.45. The lowest BCUT2D eigenvalue weighted by Crippen LogP contribution is -2.17. The number of halogens is 9. The van der Waals surface area contributed by atoms with Gasteiger partial charge >= 0.3 is 20.2 Å². The Kier molecular flexibility index (Phi) is 13.0. The molecule has 0 bridgehead atoms. The molecule has 18 heteroatoms. The minimum Gasteiger partial charge on any atom is -0.403 e. The maximum absolute atomic E-state index is 13.2. The van der Waals surface area contributed by atoms with Crippen molar-refractivity contribution in [3.63, 3.8) is 0 Å². The largest absolute Gasteiger partial charge is 0.530 e. The Hall–Kier alpha value is -0.110. The van der Waals surface area contributed by atoms with Gasteiger partial charge in [-0.15, -0.1) is 0 Å². The Labute approximate surface area is 245 Å². The van der Waals surface area contributed by atoms with E-state index in [0.717, 1.165) is 12.1 Å². The molecule has 0 aliphatic heterocycles. The van der Waals surface area contributed by atoms with Crippen LogP contribution in [0, 0.1) is 0 Å². The zero-order valence-corrected chi connectivity index (χ0v) is 25.6. The highest BCUT2D eigenvalue weighted by Crippen LogP contribution is 2.51. The van der Waals surface area contributed by atoms with Crippen LogP contribution in [0.15, 0.2) is 36.4 Å². The first-order chi connectivity index (χ1) is 17.2. The van der Waals surface area contributed by atoms with Crippen molar-refractivity contribution in [2.75, 3.05) is 30.0 Å². The fourth-order valence-electron chi connectivity index (χ4n) is 2.56. The summed E-state index contributed by atoms with van der Waals surface area (Å²) in [4.78, 5) is 12.9. The summed E-state index contributed by atoms with van der Waals surface area (Å²) < 4.78 is 108. The van der Waals surface area contributed by atoms with E-state index in [1.807, 2.05) is 47.7 Å². The fraction of sp³-hybridized carbons (Fsp3) is 0.316. The minimum atomic E-state index is -5.11. The van der Waals surface area contributed by atoms with Crippen LogP contribution in [0.1, 0.15) is 21.5 Å². The topological polar surface area (TPSA) is 73.9 Å². The first kappa shape index (κ1) is 33.1. The summed E-state index contributed by atoms with van der Waals surface area (Å²) in [7, 11) is -1.56. The molecule has 206 valence electrons. The van der Waals surface area contributed by atoms with E-state index in [9.17, 15) is 35.7 Å². The third-order valence-electron chi connectivity index (χ3n) is 4.06. The van der Waals surface area contributed by atoms with Gasteiger partial charge in [-0.05, 0) is 78.8 Å². The number of amides is 1. The predicted molar refractivity (Wildman–Crippen MR) is 149 cm³/mol.